The first-order valence-corrected chi connectivity index (χ1v) is 8.19. The Morgan fingerprint density at radius 2 is 1.45 bits per heavy atom. The third-order valence-electron chi connectivity index (χ3n) is 3.40. The molecule has 0 aromatic heterocycles. The third-order valence-corrected chi connectivity index (χ3v) is 3.40. The zero-order chi connectivity index (χ0) is 16.8. The van der Waals surface area contributed by atoms with Crippen LogP contribution in [0.3, 0.4) is 0 Å². The van der Waals surface area contributed by atoms with Crippen LogP contribution in [0.25, 0.3) is 0 Å². The Labute approximate surface area is 132 Å². The molecular formula is C16H29NO5. The van der Waals surface area contributed by atoms with Crippen molar-refractivity contribution < 1.29 is 24.2 Å². The molecule has 0 saturated carbocycles. The predicted molar refractivity (Wildman–Crippen MR) is 83.2 cm³/mol. The molecule has 0 aliphatic heterocycles. The van der Waals surface area contributed by atoms with Crippen molar-refractivity contribution in [3.8, 4) is 0 Å². The highest BCUT2D eigenvalue weighted by Crippen LogP contribution is 2.10. The Morgan fingerprint density at radius 1 is 0.955 bits per heavy atom. The van der Waals surface area contributed by atoms with Gasteiger partial charge in [-0.05, 0) is 6.42 Å². The van der Waals surface area contributed by atoms with Crippen molar-refractivity contribution in [2.45, 2.75) is 83.6 Å². The van der Waals surface area contributed by atoms with Crippen molar-refractivity contribution >= 4 is 17.9 Å². The van der Waals surface area contributed by atoms with Crippen LogP contribution < -0.4 is 5.73 Å². The minimum absolute atomic E-state index is 0.168. The molecule has 1 atom stereocenters. The van der Waals surface area contributed by atoms with Crippen LogP contribution in [0.2, 0.25) is 0 Å². The van der Waals surface area contributed by atoms with E-state index < -0.39 is 30.4 Å². The van der Waals surface area contributed by atoms with Crippen molar-refractivity contribution in [1.82, 2.24) is 0 Å². The minimum Gasteiger partial charge on any atom is -0.481 e. The Hall–Kier alpha value is -1.43. The van der Waals surface area contributed by atoms with Gasteiger partial charge in [-0.2, -0.15) is 0 Å². The van der Waals surface area contributed by atoms with E-state index in [9.17, 15) is 14.4 Å². The van der Waals surface area contributed by atoms with Crippen molar-refractivity contribution in [3.63, 3.8) is 0 Å². The molecule has 0 amide bonds. The Balaban J connectivity index is 3.53. The summed E-state index contributed by atoms with van der Waals surface area (Å²) in [6.45, 7) is 2.19. The normalized spacial score (nSPS) is 11.9. The first-order chi connectivity index (χ1) is 10.5. The number of carboxylic acids is 1. The number of nitrogens with two attached hydrogens (primary N) is 1. The summed E-state index contributed by atoms with van der Waals surface area (Å²) in [6, 6.07) is -1.29. The number of hydrogen-bond donors (Lipinski definition) is 2. The van der Waals surface area contributed by atoms with Gasteiger partial charge in [0.2, 0.25) is 0 Å². The van der Waals surface area contributed by atoms with E-state index in [4.69, 9.17) is 10.8 Å². The fourth-order valence-electron chi connectivity index (χ4n) is 2.09. The quantitative estimate of drug-likeness (QED) is 0.307. The van der Waals surface area contributed by atoms with Gasteiger partial charge in [-0.15, -0.1) is 0 Å². The standard InChI is InChI=1S/C16H29NO5/c1-2-3-4-5-6-7-8-9-10-11-15(20)22-16(21)13(17)12-14(18)19/h13H,2-12,17H2,1H3,(H,18,19). The fraction of sp³-hybridized carbons (Fsp3) is 0.812. The second-order valence-electron chi connectivity index (χ2n) is 5.58. The lowest BCUT2D eigenvalue weighted by molar-refractivity contribution is -0.162. The van der Waals surface area contributed by atoms with E-state index in [1.165, 1.54) is 38.5 Å². The maximum absolute atomic E-state index is 11.4. The van der Waals surface area contributed by atoms with E-state index >= 15 is 0 Å². The second-order valence-corrected chi connectivity index (χ2v) is 5.58. The molecule has 0 aliphatic rings. The maximum Gasteiger partial charge on any atom is 0.331 e. The molecule has 0 bridgehead atoms. The first kappa shape index (κ1) is 20.6. The third kappa shape index (κ3) is 12.3. The van der Waals surface area contributed by atoms with Crippen LogP contribution in [-0.2, 0) is 19.1 Å². The van der Waals surface area contributed by atoms with E-state index in [2.05, 4.69) is 11.7 Å². The first-order valence-electron chi connectivity index (χ1n) is 8.19. The smallest absolute Gasteiger partial charge is 0.331 e. The van der Waals surface area contributed by atoms with Gasteiger partial charge < -0.3 is 15.6 Å². The van der Waals surface area contributed by atoms with Crippen LogP contribution in [-0.4, -0.2) is 29.1 Å². The summed E-state index contributed by atoms with van der Waals surface area (Å²) in [5.41, 5.74) is 5.30. The van der Waals surface area contributed by atoms with Gasteiger partial charge in [0.05, 0.1) is 6.42 Å². The van der Waals surface area contributed by atoms with Crippen molar-refractivity contribution in [3.05, 3.63) is 0 Å². The average molecular weight is 315 g/mol. The van der Waals surface area contributed by atoms with Gasteiger partial charge in [-0.3, -0.25) is 9.59 Å². The largest absolute Gasteiger partial charge is 0.481 e. The van der Waals surface area contributed by atoms with Crippen molar-refractivity contribution in [1.29, 1.82) is 0 Å². The van der Waals surface area contributed by atoms with Gasteiger partial charge in [-0.25, -0.2) is 4.79 Å². The summed E-state index contributed by atoms with van der Waals surface area (Å²) < 4.78 is 4.52. The Kier molecular flexibility index (Phi) is 12.4. The highest BCUT2D eigenvalue weighted by molar-refractivity contribution is 5.90. The molecule has 6 nitrogen and oxygen atoms in total. The molecule has 0 aliphatic carbocycles. The van der Waals surface area contributed by atoms with Gasteiger partial charge in [0, 0.05) is 6.42 Å². The molecule has 0 fully saturated rings. The summed E-state index contributed by atoms with van der Waals surface area (Å²) in [5, 5.41) is 8.49. The number of rotatable bonds is 13. The van der Waals surface area contributed by atoms with Gasteiger partial charge in [0.25, 0.3) is 0 Å². The average Bonchev–Trinajstić information content (AvgIpc) is 2.44. The number of carbonyl (C=O) groups is 3. The number of carboxylic acid groups (broad SMARTS) is 1. The van der Waals surface area contributed by atoms with E-state index in [0.29, 0.717) is 6.42 Å². The van der Waals surface area contributed by atoms with E-state index in [-0.39, 0.29) is 6.42 Å². The number of unbranched alkanes of at least 4 members (excludes halogenated alkanes) is 8. The number of ether oxygens (including phenoxy) is 1. The SMILES string of the molecule is CCCCCCCCCCCC(=O)OC(=O)C(N)CC(=O)O. The van der Waals surface area contributed by atoms with Crippen LogP contribution in [0.4, 0.5) is 0 Å². The van der Waals surface area contributed by atoms with Crippen LogP contribution in [0, 0.1) is 0 Å². The molecular weight excluding hydrogens is 286 g/mol. The lowest BCUT2D eigenvalue weighted by Crippen LogP contribution is -2.35. The molecule has 0 saturated heterocycles. The Morgan fingerprint density at radius 3 is 1.95 bits per heavy atom. The lowest BCUT2D eigenvalue weighted by atomic mass is 10.1. The summed E-state index contributed by atoms with van der Waals surface area (Å²) >= 11 is 0. The molecule has 0 rings (SSSR count). The fourth-order valence-corrected chi connectivity index (χ4v) is 2.09. The monoisotopic (exact) mass is 315 g/mol. The number of aliphatic carboxylic acids is 1. The van der Waals surface area contributed by atoms with Crippen LogP contribution in [0.15, 0.2) is 0 Å². The zero-order valence-corrected chi connectivity index (χ0v) is 13.5. The van der Waals surface area contributed by atoms with E-state index in [0.717, 1.165) is 12.8 Å². The van der Waals surface area contributed by atoms with Gasteiger partial charge >= 0.3 is 17.9 Å². The summed E-state index contributed by atoms with van der Waals surface area (Å²) in [5.74, 6) is -2.80. The molecule has 0 heterocycles. The van der Waals surface area contributed by atoms with Crippen LogP contribution >= 0.6 is 0 Å². The number of hydrogen-bond acceptors (Lipinski definition) is 5. The topological polar surface area (TPSA) is 107 Å². The predicted octanol–water partition coefficient (Wildman–Crippen LogP) is 2.78. The Bertz CT molecular complexity index is 343. The van der Waals surface area contributed by atoms with Crippen molar-refractivity contribution in [2.24, 2.45) is 5.73 Å². The molecule has 3 N–H and O–H groups in total. The second kappa shape index (κ2) is 13.2. The van der Waals surface area contributed by atoms with Gasteiger partial charge in [-0.1, -0.05) is 58.3 Å². The molecule has 0 aromatic rings. The molecule has 0 radical (unpaired) electrons. The minimum atomic E-state index is -1.29. The summed E-state index contributed by atoms with van der Waals surface area (Å²) in [7, 11) is 0. The summed E-state index contributed by atoms with van der Waals surface area (Å²) in [4.78, 5) is 33.1. The van der Waals surface area contributed by atoms with E-state index in [1.807, 2.05) is 0 Å². The maximum atomic E-state index is 11.4. The molecule has 128 valence electrons. The number of carbonyl (C=O) groups excluding carboxylic acids is 2. The van der Waals surface area contributed by atoms with Gasteiger partial charge in [0.1, 0.15) is 6.04 Å². The highest BCUT2D eigenvalue weighted by Gasteiger charge is 2.21. The van der Waals surface area contributed by atoms with Crippen LogP contribution in [0.5, 0.6) is 0 Å². The van der Waals surface area contributed by atoms with Crippen molar-refractivity contribution in [2.75, 3.05) is 0 Å². The molecule has 22 heavy (non-hydrogen) atoms. The van der Waals surface area contributed by atoms with Crippen LogP contribution in [0.1, 0.15) is 77.6 Å². The molecule has 0 spiro atoms. The number of esters is 2. The molecule has 0 aromatic carbocycles. The summed E-state index contributed by atoms with van der Waals surface area (Å²) in [6.07, 6.45) is 9.81. The zero-order valence-electron chi connectivity index (χ0n) is 13.5. The molecule has 6 heteroatoms. The lowest BCUT2D eigenvalue weighted by Gasteiger charge is -2.07. The van der Waals surface area contributed by atoms with Gasteiger partial charge in [0.15, 0.2) is 0 Å². The van der Waals surface area contributed by atoms with E-state index in [1.54, 1.807) is 0 Å². The highest BCUT2D eigenvalue weighted by atomic mass is 16.6. The molecule has 1 unspecified atom stereocenters.